The van der Waals surface area contributed by atoms with Gasteiger partial charge in [-0.15, -0.1) is 0 Å². The molecule has 0 saturated carbocycles. The molecule has 7 nitrogen and oxygen atoms in total. The normalized spacial score (nSPS) is 22.1. The molecule has 1 aromatic heterocycles. The minimum Gasteiger partial charge on any atom is -0.362 e. The molecule has 4 rings (SSSR count). The second-order valence-corrected chi connectivity index (χ2v) is 8.67. The molecule has 0 amide bonds. The number of aromatic nitrogens is 2. The van der Waals surface area contributed by atoms with E-state index in [4.69, 9.17) is 4.74 Å². The molecule has 0 N–H and O–H groups in total. The van der Waals surface area contributed by atoms with Gasteiger partial charge in [0.1, 0.15) is 12.1 Å². The van der Waals surface area contributed by atoms with Gasteiger partial charge in [0.25, 0.3) is 0 Å². The number of benzene rings is 1. The summed E-state index contributed by atoms with van der Waals surface area (Å²) in [5, 5.41) is 0. The lowest BCUT2D eigenvalue weighted by Gasteiger charge is -2.33. The maximum Gasteiger partial charge on any atom is 0.239 e. The molecule has 1 fully saturated rings. The predicted octanol–water partition coefficient (Wildman–Crippen LogP) is 1.55. The molecule has 0 spiro atoms. The third-order valence-corrected chi connectivity index (χ3v) is 6.58. The Labute approximate surface area is 153 Å². The monoisotopic (exact) mass is 374 g/mol. The Morgan fingerprint density at radius 2 is 2.08 bits per heavy atom. The lowest BCUT2D eigenvalue weighted by atomic mass is 10.1. The van der Waals surface area contributed by atoms with Crippen LogP contribution < -0.4 is 4.90 Å². The minimum atomic E-state index is -3.41. The number of aryl methyl sites for hydroxylation is 1. The second-order valence-electron chi connectivity index (χ2n) is 6.80. The molecule has 1 saturated heterocycles. The van der Waals surface area contributed by atoms with E-state index in [1.165, 1.54) is 5.56 Å². The van der Waals surface area contributed by atoms with Crippen LogP contribution >= 0.6 is 0 Å². The Hall–Kier alpha value is -2.03. The molecule has 2 aromatic rings. The van der Waals surface area contributed by atoms with Crippen molar-refractivity contribution in [1.29, 1.82) is 0 Å². The molecular formula is C18H22N4O3S. The quantitative estimate of drug-likeness (QED) is 0.811. The molecule has 2 aliphatic heterocycles. The van der Waals surface area contributed by atoms with Crippen LogP contribution in [-0.2, 0) is 34.3 Å². The molecular weight excluding hydrogens is 352 g/mol. The molecule has 2 aliphatic rings. The molecule has 1 aromatic carbocycles. The Kier molecular flexibility index (Phi) is 4.64. The van der Waals surface area contributed by atoms with Crippen molar-refractivity contribution in [3.63, 3.8) is 0 Å². The Morgan fingerprint density at radius 3 is 2.88 bits per heavy atom. The predicted molar refractivity (Wildman–Crippen MR) is 98.0 cm³/mol. The SMILES string of the molecule is CN(Cc1ccccc1)c1ncnc2c1CN1[C@@H](CC2)COCS1(=O)=O. The van der Waals surface area contributed by atoms with Crippen LogP contribution in [0.15, 0.2) is 36.7 Å². The van der Waals surface area contributed by atoms with Crippen LogP contribution in [0.1, 0.15) is 23.2 Å². The lowest BCUT2D eigenvalue weighted by Crippen LogP contribution is -2.47. The van der Waals surface area contributed by atoms with Crippen molar-refractivity contribution in [2.24, 2.45) is 0 Å². The number of fused-ring (bicyclic) bond motifs is 2. The Balaban J connectivity index is 1.67. The summed E-state index contributed by atoms with van der Waals surface area (Å²) in [5.74, 6) is 0.544. The summed E-state index contributed by atoms with van der Waals surface area (Å²) in [4.78, 5) is 11.0. The zero-order chi connectivity index (χ0) is 18.1. The van der Waals surface area contributed by atoms with Crippen LogP contribution in [0, 0.1) is 0 Å². The number of nitrogens with zero attached hydrogens (tertiary/aromatic N) is 4. The highest BCUT2D eigenvalue weighted by Crippen LogP contribution is 2.31. The van der Waals surface area contributed by atoms with Crippen molar-refractivity contribution < 1.29 is 13.2 Å². The van der Waals surface area contributed by atoms with Crippen LogP contribution in [0.4, 0.5) is 5.82 Å². The average Bonchev–Trinajstić information content (AvgIpc) is 2.83. The average molecular weight is 374 g/mol. The van der Waals surface area contributed by atoms with E-state index in [2.05, 4.69) is 27.0 Å². The standard InChI is InChI=1S/C18H22N4O3S/c1-21(9-14-5-3-2-4-6-14)18-16-10-22-15(11-25-13-26(22,23)24)7-8-17(16)19-12-20-18/h2-6,12,15H,7-11,13H2,1H3/t15-/m0/s1. The first-order chi connectivity index (χ1) is 12.5. The lowest BCUT2D eigenvalue weighted by molar-refractivity contribution is 0.0841. The van der Waals surface area contributed by atoms with Crippen molar-refractivity contribution in [1.82, 2.24) is 14.3 Å². The van der Waals surface area contributed by atoms with Crippen LogP contribution in [0.3, 0.4) is 0 Å². The van der Waals surface area contributed by atoms with Crippen molar-refractivity contribution in [2.75, 3.05) is 24.5 Å². The molecule has 8 heteroatoms. The van der Waals surface area contributed by atoms with Gasteiger partial charge in [-0.05, 0) is 18.4 Å². The van der Waals surface area contributed by atoms with E-state index in [0.29, 0.717) is 26.1 Å². The van der Waals surface area contributed by atoms with Gasteiger partial charge in [-0.25, -0.2) is 18.4 Å². The molecule has 138 valence electrons. The summed E-state index contributed by atoms with van der Waals surface area (Å²) < 4.78 is 31.9. The summed E-state index contributed by atoms with van der Waals surface area (Å²) >= 11 is 0. The number of hydrogen-bond donors (Lipinski definition) is 0. The fourth-order valence-electron chi connectivity index (χ4n) is 3.66. The van der Waals surface area contributed by atoms with Gasteiger partial charge >= 0.3 is 0 Å². The third kappa shape index (κ3) is 3.32. The maximum absolute atomic E-state index is 12.5. The fraction of sp³-hybridized carbons (Fsp3) is 0.444. The third-order valence-electron chi connectivity index (χ3n) is 4.97. The molecule has 26 heavy (non-hydrogen) atoms. The van der Waals surface area contributed by atoms with E-state index < -0.39 is 10.0 Å². The van der Waals surface area contributed by atoms with E-state index in [1.54, 1.807) is 10.6 Å². The smallest absolute Gasteiger partial charge is 0.239 e. The first kappa shape index (κ1) is 17.4. The number of hydrogen-bond acceptors (Lipinski definition) is 6. The minimum absolute atomic E-state index is 0.129. The van der Waals surface area contributed by atoms with Crippen LogP contribution in [0.5, 0.6) is 0 Å². The van der Waals surface area contributed by atoms with Crippen molar-refractivity contribution in [2.45, 2.75) is 32.0 Å². The van der Waals surface area contributed by atoms with E-state index in [9.17, 15) is 8.42 Å². The van der Waals surface area contributed by atoms with Gasteiger partial charge in [0, 0.05) is 31.7 Å². The molecule has 0 aliphatic carbocycles. The Morgan fingerprint density at radius 1 is 1.27 bits per heavy atom. The maximum atomic E-state index is 12.5. The van der Waals surface area contributed by atoms with Crippen molar-refractivity contribution >= 4 is 15.8 Å². The molecule has 0 unspecified atom stereocenters. The van der Waals surface area contributed by atoms with E-state index in [-0.39, 0.29) is 12.0 Å². The summed E-state index contributed by atoms with van der Waals surface area (Å²) in [5.41, 5.74) is 3.01. The van der Waals surface area contributed by atoms with Crippen molar-refractivity contribution in [3.05, 3.63) is 53.5 Å². The van der Waals surface area contributed by atoms with Gasteiger partial charge in [-0.3, -0.25) is 0 Å². The highest BCUT2D eigenvalue weighted by molar-refractivity contribution is 7.88. The number of rotatable bonds is 3. The second kappa shape index (κ2) is 6.94. The first-order valence-electron chi connectivity index (χ1n) is 8.69. The molecule has 1 atom stereocenters. The number of ether oxygens (including phenoxy) is 1. The number of sulfonamides is 1. The van der Waals surface area contributed by atoms with Gasteiger partial charge in [-0.2, -0.15) is 4.31 Å². The highest BCUT2D eigenvalue weighted by Gasteiger charge is 2.38. The zero-order valence-electron chi connectivity index (χ0n) is 14.7. The van der Waals surface area contributed by atoms with Gasteiger partial charge in [0.15, 0.2) is 5.94 Å². The van der Waals surface area contributed by atoms with Crippen molar-refractivity contribution in [3.8, 4) is 0 Å². The van der Waals surface area contributed by atoms with Crippen LogP contribution in [0.25, 0.3) is 0 Å². The topological polar surface area (TPSA) is 75.6 Å². The molecule has 0 bridgehead atoms. The molecule has 3 heterocycles. The summed E-state index contributed by atoms with van der Waals surface area (Å²) in [6.07, 6.45) is 3.01. The Bertz CT molecular complexity index is 889. The highest BCUT2D eigenvalue weighted by atomic mass is 32.2. The number of anilines is 1. The first-order valence-corrected chi connectivity index (χ1v) is 10.3. The summed E-state index contributed by atoms with van der Waals surface area (Å²) in [6, 6.07) is 10.0. The van der Waals surface area contributed by atoms with Gasteiger partial charge < -0.3 is 9.64 Å². The van der Waals surface area contributed by atoms with Crippen LogP contribution in [0.2, 0.25) is 0 Å². The fourth-order valence-corrected chi connectivity index (χ4v) is 5.05. The van der Waals surface area contributed by atoms with Gasteiger partial charge in [0.2, 0.25) is 10.0 Å². The largest absolute Gasteiger partial charge is 0.362 e. The van der Waals surface area contributed by atoms with E-state index in [0.717, 1.165) is 23.5 Å². The van der Waals surface area contributed by atoms with Gasteiger partial charge in [0.05, 0.1) is 12.3 Å². The zero-order valence-corrected chi connectivity index (χ0v) is 15.5. The van der Waals surface area contributed by atoms with Gasteiger partial charge in [-0.1, -0.05) is 30.3 Å². The van der Waals surface area contributed by atoms with E-state index >= 15 is 0 Å². The van der Waals surface area contributed by atoms with E-state index in [1.807, 2.05) is 25.2 Å². The summed E-state index contributed by atoms with van der Waals surface area (Å²) in [6.45, 7) is 1.44. The van der Waals surface area contributed by atoms with Crippen LogP contribution in [-0.4, -0.2) is 48.3 Å². The molecule has 0 radical (unpaired) electrons. The summed E-state index contributed by atoms with van der Waals surface area (Å²) in [7, 11) is -1.44.